The van der Waals surface area contributed by atoms with Crippen LogP contribution in [0.4, 0.5) is 8.78 Å². The number of hydrogen-bond donors (Lipinski definition) is 1. The number of aliphatic carboxylic acids is 1. The number of carbonyl (C=O) groups is 1. The molecule has 4 nitrogen and oxygen atoms in total. The first-order valence-corrected chi connectivity index (χ1v) is 5.04. The highest BCUT2D eigenvalue weighted by molar-refractivity contribution is 7.91. The maximum absolute atomic E-state index is 12.4. The summed E-state index contributed by atoms with van der Waals surface area (Å²) in [7, 11) is 0. The van der Waals surface area contributed by atoms with Crippen LogP contribution in [0.5, 0.6) is 0 Å². The second kappa shape index (κ2) is 3.77. The van der Waals surface area contributed by atoms with Crippen molar-refractivity contribution in [3.05, 3.63) is 0 Å². The van der Waals surface area contributed by atoms with Crippen molar-refractivity contribution in [2.24, 2.45) is 0 Å². The number of ether oxygens (including phenoxy) is 1. The van der Waals surface area contributed by atoms with Gasteiger partial charge >= 0.3 is 12.1 Å². The molecule has 0 aliphatic carbocycles. The molecule has 0 bridgehead atoms. The molecule has 0 aromatic carbocycles. The molecule has 7 heteroatoms. The summed E-state index contributed by atoms with van der Waals surface area (Å²) in [5.74, 6) is -2.03. The number of halogens is 2. The van der Waals surface area contributed by atoms with Gasteiger partial charge in [-0.1, -0.05) is 11.2 Å². The molecule has 0 amide bonds. The van der Waals surface area contributed by atoms with E-state index < -0.39 is 29.4 Å². The molecule has 0 saturated carbocycles. The molecule has 0 aromatic rings. The standard InChI is InChI=1S/C6H8F2O4S/c7-6(8,5(9)10)12-4-1-2-13(11)3-4/h4H,1-3H2,(H,9,10). The van der Waals surface area contributed by atoms with Crippen molar-refractivity contribution in [3.63, 3.8) is 0 Å². The molecular formula is C6H8F2O4S. The van der Waals surface area contributed by atoms with Crippen LogP contribution < -0.4 is 0 Å². The SMILES string of the molecule is O=C(O)C(F)(F)OC1CC[S+]([O-])C1. The Morgan fingerprint density at radius 1 is 1.69 bits per heavy atom. The molecule has 13 heavy (non-hydrogen) atoms. The van der Waals surface area contributed by atoms with E-state index in [1.807, 2.05) is 0 Å². The van der Waals surface area contributed by atoms with Crippen molar-refractivity contribution in [3.8, 4) is 0 Å². The molecule has 1 rings (SSSR count). The molecule has 1 N–H and O–H groups in total. The number of alkyl halides is 2. The Labute approximate surface area is 76.1 Å². The predicted octanol–water partition coefficient (Wildman–Crippen LogP) is 0.201. The highest BCUT2D eigenvalue weighted by Crippen LogP contribution is 2.24. The lowest BCUT2D eigenvalue weighted by molar-refractivity contribution is -0.259. The number of rotatable bonds is 3. The zero-order valence-electron chi connectivity index (χ0n) is 6.53. The normalized spacial score (nSPS) is 29.2. The third-order valence-electron chi connectivity index (χ3n) is 1.60. The minimum atomic E-state index is -4.17. The van der Waals surface area contributed by atoms with E-state index in [9.17, 15) is 18.1 Å². The molecule has 0 radical (unpaired) electrons. The quantitative estimate of drug-likeness (QED) is 0.681. The first-order valence-electron chi connectivity index (χ1n) is 3.56. The molecule has 2 atom stereocenters. The fraction of sp³-hybridized carbons (Fsp3) is 0.833. The number of carboxylic acids is 1. The Balaban J connectivity index is 2.44. The van der Waals surface area contributed by atoms with Crippen molar-refractivity contribution in [1.29, 1.82) is 0 Å². The van der Waals surface area contributed by atoms with Crippen LogP contribution in [0.25, 0.3) is 0 Å². The predicted molar refractivity (Wildman–Crippen MR) is 39.9 cm³/mol. The Morgan fingerprint density at radius 2 is 2.31 bits per heavy atom. The molecule has 0 spiro atoms. The summed E-state index contributed by atoms with van der Waals surface area (Å²) in [6, 6.07) is 0. The first kappa shape index (κ1) is 10.7. The Kier molecular flexibility index (Phi) is 3.09. The minimum absolute atomic E-state index is 0.0110. The fourth-order valence-corrected chi connectivity index (χ4v) is 2.33. The van der Waals surface area contributed by atoms with Gasteiger partial charge in [0.15, 0.2) is 0 Å². The van der Waals surface area contributed by atoms with Crippen LogP contribution in [-0.2, 0) is 20.7 Å². The molecule has 1 aliphatic heterocycles. The monoisotopic (exact) mass is 214 g/mol. The summed E-state index contributed by atoms with van der Waals surface area (Å²) in [4.78, 5) is 9.94. The average molecular weight is 214 g/mol. The number of carboxylic acid groups (broad SMARTS) is 1. The first-order chi connectivity index (χ1) is 5.92. The molecule has 76 valence electrons. The van der Waals surface area contributed by atoms with Crippen LogP contribution >= 0.6 is 0 Å². The third kappa shape index (κ3) is 2.78. The lowest BCUT2D eigenvalue weighted by Gasteiger charge is -2.15. The van der Waals surface area contributed by atoms with Crippen LogP contribution in [0.15, 0.2) is 0 Å². The second-order valence-corrected chi connectivity index (χ2v) is 4.28. The summed E-state index contributed by atoms with van der Waals surface area (Å²) >= 11 is -1.15. The number of hydrogen-bond acceptors (Lipinski definition) is 3. The summed E-state index contributed by atoms with van der Waals surface area (Å²) in [6.07, 6.45) is -4.86. The van der Waals surface area contributed by atoms with Gasteiger partial charge in [0.2, 0.25) is 0 Å². The van der Waals surface area contributed by atoms with Gasteiger partial charge in [-0.2, -0.15) is 8.78 Å². The van der Waals surface area contributed by atoms with Gasteiger partial charge < -0.3 is 14.4 Å². The van der Waals surface area contributed by atoms with Gasteiger partial charge in [-0.15, -0.1) is 0 Å². The minimum Gasteiger partial charge on any atom is -0.616 e. The fourth-order valence-electron chi connectivity index (χ4n) is 0.990. The Hall–Kier alpha value is -0.400. The van der Waals surface area contributed by atoms with E-state index in [0.717, 1.165) is 0 Å². The van der Waals surface area contributed by atoms with Crippen molar-refractivity contribution in [2.45, 2.75) is 18.6 Å². The zero-order valence-corrected chi connectivity index (χ0v) is 7.35. The topological polar surface area (TPSA) is 69.6 Å². The molecular weight excluding hydrogens is 206 g/mol. The lowest BCUT2D eigenvalue weighted by atomic mass is 10.3. The van der Waals surface area contributed by atoms with Gasteiger partial charge in [0.05, 0.1) is 0 Å². The van der Waals surface area contributed by atoms with E-state index in [2.05, 4.69) is 4.74 Å². The van der Waals surface area contributed by atoms with Crippen molar-refractivity contribution in [1.82, 2.24) is 0 Å². The molecule has 1 saturated heterocycles. The van der Waals surface area contributed by atoms with Gasteiger partial charge in [0.25, 0.3) is 0 Å². The van der Waals surface area contributed by atoms with Crippen LogP contribution in [0.1, 0.15) is 6.42 Å². The molecule has 2 unspecified atom stereocenters. The van der Waals surface area contributed by atoms with E-state index in [1.54, 1.807) is 0 Å². The summed E-state index contributed by atoms with van der Waals surface area (Å²) in [5.41, 5.74) is 0. The molecule has 1 aliphatic rings. The van der Waals surface area contributed by atoms with Crippen LogP contribution in [0, 0.1) is 0 Å². The van der Waals surface area contributed by atoms with Crippen LogP contribution in [0.2, 0.25) is 0 Å². The zero-order chi connectivity index (χ0) is 10.1. The highest BCUT2D eigenvalue weighted by Gasteiger charge is 2.45. The molecule has 1 fully saturated rings. The van der Waals surface area contributed by atoms with Gasteiger partial charge in [-0.3, -0.25) is 0 Å². The second-order valence-electron chi connectivity index (χ2n) is 2.66. The van der Waals surface area contributed by atoms with Crippen molar-refractivity contribution in [2.75, 3.05) is 11.5 Å². The molecule has 1 heterocycles. The van der Waals surface area contributed by atoms with Gasteiger partial charge in [0, 0.05) is 6.42 Å². The van der Waals surface area contributed by atoms with E-state index in [1.165, 1.54) is 0 Å². The van der Waals surface area contributed by atoms with E-state index in [-0.39, 0.29) is 12.2 Å². The van der Waals surface area contributed by atoms with Crippen LogP contribution in [0.3, 0.4) is 0 Å². The summed E-state index contributed by atoms with van der Waals surface area (Å²) < 4.78 is 39.6. The summed E-state index contributed by atoms with van der Waals surface area (Å²) in [5, 5.41) is 8.02. The largest absolute Gasteiger partial charge is 0.616 e. The lowest BCUT2D eigenvalue weighted by Crippen LogP contribution is -2.36. The highest BCUT2D eigenvalue weighted by atomic mass is 32.2. The molecule has 0 aromatic heterocycles. The third-order valence-corrected chi connectivity index (χ3v) is 3.04. The smallest absolute Gasteiger partial charge is 0.456 e. The van der Waals surface area contributed by atoms with E-state index in [0.29, 0.717) is 5.75 Å². The van der Waals surface area contributed by atoms with E-state index in [4.69, 9.17) is 5.11 Å². The van der Waals surface area contributed by atoms with Gasteiger partial charge in [-0.25, -0.2) is 4.79 Å². The van der Waals surface area contributed by atoms with Gasteiger partial charge in [-0.05, 0) is 0 Å². The average Bonchev–Trinajstić information content (AvgIpc) is 2.34. The van der Waals surface area contributed by atoms with Crippen molar-refractivity contribution < 1.29 is 28.0 Å². The Bertz CT molecular complexity index is 211. The maximum atomic E-state index is 12.4. The maximum Gasteiger partial charge on any atom is 0.456 e. The Morgan fingerprint density at radius 3 is 2.69 bits per heavy atom. The van der Waals surface area contributed by atoms with Gasteiger partial charge in [0.1, 0.15) is 17.6 Å². The van der Waals surface area contributed by atoms with E-state index >= 15 is 0 Å². The van der Waals surface area contributed by atoms with Crippen LogP contribution in [-0.4, -0.2) is 39.3 Å². The summed E-state index contributed by atoms with van der Waals surface area (Å²) in [6.45, 7) is 0. The van der Waals surface area contributed by atoms with Crippen molar-refractivity contribution >= 4 is 17.1 Å².